The molecule has 0 aliphatic carbocycles. The van der Waals surface area contributed by atoms with E-state index in [0.717, 1.165) is 66.8 Å². The van der Waals surface area contributed by atoms with Crippen molar-refractivity contribution in [2.75, 3.05) is 0 Å². The van der Waals surface area contributed by atoms with Gasteiger partial charge in [-0.3, -0.25) is 0 Å². The molecular formula is C49H31N3OS. The molecule has 0 bridgehead atoms. The quantitative estimate of drug-likeness (QED) is 0.193. The highest BCUT2D eigenvalue weighted by molar-refractivity contribution is 7.26. The molecule has 4 nitrogen and oxygen atoms in total. The third-order valence-electron chi connectivity index (χ3n) is 10.5. The van der Waals surface area contributed by atoms with Crippen molar-refractivity contribution in [1.82, 2.24) is 5.32 Å². The summed E-state index contributed by atoms with van der Waals surface area (Å²) in [6.07, 6.45) is -0.504. The molecule has 0 fully saturated rings. The zero-order valence-corrected chi connectivity index (χ0v) is 29.8. The molecule has 2 aromatic heterocycles. The van der Waals surface area contributed by atoms with Gasteiger partial charge in [0.2, 0.25) is 0 Å². The molecule has 1 aliphatic rings. The van der Waals surface area contributed by atoms with Gasteiger partial charge in [-0.25, -0.2) is 9.98 Å². The number of nitrogens with one attached hydrogen (secondary N) is 1. The number of benzene rings is 8. The molecule has 0 spiro atoms. The van der Waals surface area contributed by atoms with Crippen LogP contribution >= 0.6 is 11.3 Å². The van der Waals surface area contributed by atoms with E-state index < -0.39 is 6.17 Å². The van der Waals surface area contributed by atoms with Crippen molar-refractivity contribution in [3.8, 4) is 22.3 Å². The molecule has 8 aromatic carbocycles. The van der Waals surface area contributed by atoms with E-state index in [1.54, 1.807) is 0 Å². The Morgan fingerprint density at radius 3 is 2.04 bits per heavy atom. The van der Waals surface area contributed by atoms with Gasteiger partial charge in [0, 0.05) is 47.6 Å². The Morgan fingerprint density at radius 2 is 1.15 bits per heavy atom. The second kappa shape index (κ2) is 12.4. The van der Waals surface area contributed by atoms with E-state index >= 15 is 0 Å². The maximum absolute atomic E-state index is 6.53. The highest BCUT2D eigenvalue weighted by Gasteiger charge is 2.25. The van der Waals surface area contributed by atoms with Crippen LogP contribution in [0.1, 0.15) is 22.9 Å². The average Bonchev–Trinajstić information content (AvgIpc) is 3.82. The predicted octanol–water partition coefficient (Wildman–Crippen LogP) is 12.9. The fourth-order valence-corrected chi connectivity index (χ4v) is 9.12. The largest absolute Gasteiger partial charge is 0.456 e. The van der Waals surface area contributed by atoms with E-state index in [9.17, 15) is 0 Å². The lowest BCUT2D eigenvalue weighted by Crippen LogP contribution is -2.36. The Morgan fingerprint density at radius 1 is 0.463 bits per heavy atom. The van der Waals surface area contributed by atoms with Crippen LogP contribution in [-0.2, 0) is 0 Å². The van der Waals surface area contributed by atoms with Crippen molar-refractivity contribution in [1.29, 1.82) is 0 Å². The number of amidine groups is 2. The van der Waals surface area contributed by atoms with E-state index in [1.165, 1.54) is 36.7 Å². The number of rotatable bonds is 5. The SMILES string of the molecule is c1ccc(-c2ccc(C3=NC(c4cccc5oc6ccc(-c7cccc8c7sc7ccccc78)cc6c45)N=C(c4ccc5ccccc5c4)N3)cc2)cc1. The van der Waals surface area contributed by atoms with E-state index in [-0.39, 0.29) is 0 Å². The predicted molar refractivity (Wildman–Crippen MR) is 227 cm³/mol. The summed E-state index contributed by atoms with van der Waals surface area (Å²) in [5, 5.41) is 10.7. The molecule has 0 radical (unpaired) electrons. The monoisotopic (exact) mass is 709 g/mol. The van der Waals surface area contributed by atoms with Gasteiger partial charge >= 0.3 is 0 Å². The van der Waals surface area contributed by atoms with E-state index in [4.69, 9.17) is 14.4 Å². The van der Waals surface area contributed by atoms with E-state index in [0.29, 0.717) is 0 Å². The van der Waals surface area contributed by atoms with Crippen molar-refractivity contribution < 1.29 is 4.42 Å². The average molecular weight is 710 g/mol. The smallest absolute Gasteiger partial charge is 0.170 e. The molecule has 1 N–H and O–H groups in total. The third kappa shape index (κ3) is 5.12. The highest BCUT2D eigenvalue weighted by Crippen LogP contribution is 2.43. The first kappa shape index (κ1) is 30.8. The van der Waals surface area contributed by atoms with Gasteiger partial charge < -0.3 is 9.73 Å². The topological polar surface area (TPSA) is 49.9 Å². The van der Waals surface area contributed by atoms with Crippen LogP contribution in [-0.4, -0.2) is 11.7 Å². The molecule has 10 aromatic rings. The molecular weight excluding hydrogens is 679 g/mol. The van der Waals surface area contributed by atoms with Gasteiger partial charge in [0.15, 0.2) is 6.17 Å². The minimum atomic E-state index is -0.504. The van der Waals surface area contributed by atoms with Crippen LogP contribution in [0.4, 0.5) is 0 Å². The van der Waals surface area contributed by atoms with Gasteiger partial charge in [-0.15, -0.1) is 11.3 Å². The molecule has 1 atom stereocenters. The first-order chi connectivity index (χ1) is 26.7. The second-order valence-electron chi connectivity index (χ2n) is 13.8. The summed E-state index contributed by atoms with van der Waals surface area (Å²) in [5.74, 6) is 1.56. The Balaban J connectivity index is 1.07. The summed E-state index contributed by atoms with van der Waals surface area (Å²) in [5.41, 5.74) is 9.40. The van der Waals surface area contributed by atoms with Gasteiger partial charge in [0.05, 0.1) is 0 Å². The zero-order chi connectivity index (χ0) is 35.6. The molecule has 1 aliphatic heterocycles. The lowest BCUT2D eigenvalue weighted by molar-refractivity contribution is 0.667. The summed E-state index contributed by atoms with van der Waals surface area (Å²) < 4.78 is 9.12. The number of thiophene rings is 1. The van der Waals surface area contributed by atoms with Crippen molar-refractivity contribution in [3.63, 3.8) is 0 Å². The van der Waals surface area contributed by atoms with Crippen molar-refractivity contribution in [2.45, 2.75) is 6.17 Å². The normalized spacial score (nSPS) is 14.5. The Labute approximate surface area is 315 Å². The van der Waals surface area contributed by atoms with Crippen LogP contribution in [0.5, 0.6) is 0 Å². The second-order valence-corrected chi connectivity index (χ2v) is 14.8. The number of nitrogens with zero attached hydrogens (tertiary/aromatic N) is 2. The number of hydrogen-bond donors (Lipinski definition) is 1. The summed E-state index contributed by atoms with van der Waals surface area (Å²) in [6, 6.07) is 62.1. The first-order valence-corrected chi connectivity index (χ1v) is 19.0. The molecule has 1 unspecified atom stereocenters. The lowest BCUT2D eigenvalue weighted by Gasteiger charge is -2.23. The number of hydrogen-bond acceptors (Lipinski definition) is 5. The molecule has 0 amide bonds. The van der Waals surface area contributed by atoms with Crippen LogP contribution in [0, 0.1) is 0 Å². The maximum atomic E-state index is 6.53. The number of furan rings is 1. The van der Waals surface area contributed by atoms with Gasteiger partial charge in [0.25, 0.3) is 0 Å². The fourth-order valence-electron chi connectivity index (χ4n) is 7.88. The first-order valence-electron chi connectivity index (χ1n) is 18.2. The third-order valence-corrected chi connectivity index (χ3v) is 11.8. The molecule has 3 heterocycles. The number of fused-ring (bicyclic) bond motifs is 7. The Bertz CT molecular complexity index is 3140. The summed E-state index contributed by atoms with van der Waals surface area (Å²) in [7, 11) is 0. The standard InChI is InChI=1S/C49H31N3OS/c1-2-10-30(11-3-1)32-20-23-33(24-21-32)47-50-48(36-25-22-31-12-4-5-13-34(31)28-36)52-49(51-47)40-17-9-18-43-45(40)41-29-35(26-27-42(41)53-43)37-15-8-16-39-38-14-6-7-19-44(38)54-46(37)39/h1-29,49H,(H,50,51,52). The Hall–Kier alpha value is -6.82. The van der Waals surface area contributed by atoms with Crippen molar-refractivity contribution >= 4 is 75.9 Å². The van der Waals surface area contributed by atoms with Crippen LogP contribution in [0.25, 0.3) is 75.1 Å². The zero-order valence-electron chi connectivity index (χ0n) is 29.0. The van der Waals surface area contributed by atoms with Crippen LogP contribution < -0.4 is 5.32 Å². The van der Waals surface area contributed by atoms with Crippen LogP contribution in [0.2, 0.25) is 0 Å². The number of aliphatic imine (C=N–C) groups is 2. The van der Waals surface area contributed by atoms with Crippen molar-refractivity contribution in [3.05, 3.63) is 193 Å². The molecule has 0 saturated carbocycles. The summed E-state index contributed by atoms with van der Waals surface area (Å²) >= 11 is 1.85. The molecule has 54 heavy (non-hydrogen) atoms. The molecule has 0 saturated heterocycles. The highest BCUT2D eigenvalue weighted by atomic mass is 32.1. The molecule has 5 heteroatoms. The minimum absolute atomic E-state index is 0.504. The van der Waals surface area contributed by atoms with E-state index in [1.807, 2.05) is 23.5 Å². The molecule has 11 rings (SSSR count). The molecule has 254 valence electrons. The van der Waals surface area contributed by atoms with Crippen LogP contribution in [0.3, 0.4) is 0 Å². The van der Waals surface area contributed by atoms with Gasteiger partial charge in [0.1, 0.15) is 22.8 Å². The summed E-state index contributed by atoms with van der Waals surface area (Å²) in [6.45, 7) is 0. The van der Waals surface area contributed by atoms with Gasteiger partial charge in [-0.05, 0) is 63.4 Å². The summed E-state index contributed by atoms with van der Waals surface area (Å²) in [4.78, 5) is 10.7. The maximum Gasteiger partial charge on any atom is 0.170 e. The Kier molecular flexibility index (Phi) is 7.07. The fraction of sp³-hybridized carbons (Fsp3) is 0.0204. The van der Waals surface area contributed by atoms with Crippen molar-refractivity contribution in [2.24, 2.45) is 9.98 Å². The van der Waals surface area contributed by atoms with Gasteiger partial charge in [-0.1, -0.05) is 146 Å². The van der Waals surface area contributed by atoms with Gasteiger partial charge in [-0.2, -0.15) is 0 Å². The van der Waals surface area contributed by atoms with Crippen LogP contribution in [0.15, 0.2) is 190 Å². The lowest BCUT2D eigenvalue weighted by atomic mass is 9.98. The van der Waals surface area contributed by atoms with E-state index in [2.05, 4.69) is 169 Å². The minimum Gasteiger partial charge on any atom is -0.456 e.